The number of benzene rings is 1. The lowest BCUT2D eigenvalue weighted by Gasteiger charge is -2.31. The number of aromatic nitrogens is 1. The molecule has 150 valence electrons. The van der Waals surface area contributed by atoms with Crippen molar-refractivity contribution < 1.29 is 19.0 Å². The Hall–Kier alpha value is -2.96. The lowest BCUT2D eigenvalue weighted by molar-refractivity contribution is 0.102. The van der Waals surface area contributed by atoms with E-state index in [4.69, 9.17) is 14.2 Å². The van der Waals surface area contributed by atoms with Gasteiger partial charge in [-0.05, 0) is 30.9 Å². The van der Waals surface area contributed by atoms with Gasteiger partial charge in [0.2, 0.25) is 5.75 Å². The van der Waals surface area contributed by atoms with Crippen molar-refractivity contribution in [3.05, 3.63) is 36.0 Å². The third-order valence-electron chi connectivity index (χ3n) is 5.04. The van der Waals surface area contributed by atoms with Crippen LogP contribution in [0.15, 0.2) is 30.5 Å². The fourth-order valence-electron chi connectivity index (χ4n) is 3.33. The van der Waals surface area contributed by atoms with Crippen molar-refractivity contribution in [3.8, 4) is 17.2 Å². The predicted octanol–water partition coefficient (Wildman–Crippen LogP) is 3.60. The highest BCUT2D eigenvalue weighted by molar-refractivity contribution is 6.05. The molecule has 0 bridgehead atoms. The van der Waals surface area contributed by atoms with Gasteiger partial charge in [-0.3, -0.25) is 4.79 Å². The first-order valence-electron chi connectivity index (χ1n) is 9.38. The number of piperidine rings is 1. The van der Waals surface area contributed by atoms with E-state index >= 15 is 0 Å². The van der Waals surface area contributed by atoms with Gasteiger partial charge in [-0.15, -0.1) is 0 Å². The molecular weight excluding hydrogens is 358 g/mol. The maximum atomic E-state index is 12.8. The van der Waals surface area contributed by atoms with Crippen LogP contribution < -0.4 is 24.4 Å². The topological polar surface area (TPSA) is 72.9 Å². The molecule has 2 aromatic rings. The molecule has 3 rings (SSSR count). The minimum Gasteiger partial charge on any atom is -0.493 e. The molecule has 2 heterocycles. The summed E-state index contributed by atoms with van der Waals surface area (Å²) in [6, 6.07) is 6.95. The molecule has 1 amide bonds. The van der Waals surface area contributed by atoms with Gasteiger partial charge in [0.1, 0.15) is 5.82 Å². The number of methoxy groups -OCH3 is 3. The van der Waals surface area contributed by atoms with E-state index in [1.165, 1.54) is 14.2 Å². The van der Waals surface area contributed by atoms with Crippen LogP contribution in [-0.2, 0) is 0 Å². The van der Waals surface area contributed by atoms with E-state index in [2.05, 4.69) is 22.1 Å². The van der Waals surface area contributed by atoms with E-state index in [-0.39, 0.29) is 5.91 Å². The highest BCUT2D eigenvalue weighted by Gasteiger charge is 2.19. The lowest BCUT2D eigenvalue weighted by Crippen LogP contribution is -2.33. The van der Waals surface area contributed by atoms with Crippen LogP contribution >= 0.6 is 0 Å². The monoisotopic (exact) mass is 385 g/mol. The summed E-state index contributed by atoms with van der Waals surface area (Å²) in [5.41, 5.74) is 1.11. The van der Waals surface area contributed by atoms with Gasteiger partial charge in [0.25, 0.3) is 5.91 Å². The van der Waals surface area contributed by atoms with E-state index in [0.29, 0.717) is 28.5 Å². The van der Waals surface area contributed by atoms with Gasteiger partial charge in [-0.25, -0.2) is 4.98 Å². The number of rotatable bonds is 6. The van der Waals surface area contributed by atoms with Gasteiger partial charge < -0.3 is 24.4 Å². The second-order valence-electron chi connectivity index (χ2n) is 6.94. The second-order valence-corrected chi connectivity index (χ2v) is 6.94. The van der Waals surface area contributed by atoms with Crippen molar-refractivity contribution >= 4 is 17.4 Å². The SMILES string of the molecule is COc1cc(NC(=O)c2ccnc(N3CCC(C)CC3)c2)cc(OC)c1OC. The van der Waals surface area contributed by atoms with Crippen molar-refractivity contribution in [2.75, 3.05) is 44.6 Å². The molecule has 7 heteroatoms. The zero-order valence-corrected chi connectivity index (χ0v) is 16.8. The van der Waals surface area contributed by atoms with Crippen LogP contribution in [0.1, 0.15) is 30.1 Å². The molecule has 0 atom stereocenters. The van der Waals surface area contributed by atoms with Gasteiger partial charge in [-0.2, -0.15) is 0 Å². The quantitative estimate of drug-likeness (QED) is 0.819. The number of nitrogens with one attached hydrogen (secondary N) is 1. The van der Waals surface area contributed by atoms with Crippen molar-refractivity contribution in [3.63, 3.8) is 0 Å². The molecule has 0 aliphatic carbocycles. The first-order chi connectivity index (χ1) is 13.5. The predicted molar refractivity (Wildman–Crippen MR) is 109 cm³/mol. The van der Waals surface area contributed by atoms with E-state index in [0.717, 1.165) is 37.7 Å². The van der Waals surface area contributed by atoms with Gasteiger partial charge in [0, 0.05) is 42.7 Å². The molecule has 1 aromatic carbocycles. The summed E-state index contributed by atoms with van der Waals surface area (Å²) in [4.78, 5) is 19.5. The number of hydrogen-bond donors (Lipinski definition) is 1. The highest BCUT2D eigenvalue weighted by Crippen LogP contribution is 2.40. The summed E-state index contributed by atoms with van der Waals surface area (Å²) in [6.07, 6.45) is 3.96. The maximum Gasteiger partial charge on any atom is 0.255 e. The molecule has 0 unspecified atom stereocenters. The van der Waals surface area contributed by atoms with Gasteiger partial charge in [0.15, 0.2) is 11.5 Å². The summed E-state index contributed by atoms with van der Waals surface area (Å²) >= 11 is 0. The number of carbonyl (C=O) groups excluding carboxylic acids is 1. The number of nitrogens with zero attached hydrogens (tertiary/aromatic N) is 2. The van der Waals surface area contributed by atoms with Crippen LogP contribution in [0, 0.1) is 5.92 Å². The number of carbonyl (C=O) groups is 1. The van der Waals surface area contributed by atoms with Crippen LogP contribution in [0.2, 0.25) is 0 Å². The Morgan fingerprint density at radius 3 is 2.29 bits per heavy atom. The number of ether oxygens (including phenoxy) is 3. The van der Waals surface area contributed by atoms with Crippen LogP contribution in [0.4, 0.5) is 11.5 Å². The minimum absolute atomic E-state index is 0.219. The number of hydrogen-bond acceptors (Lipinski definition) is 6. The minimum atomic E-state index is -0.219. The Morgan fingerprint density at radius 1 is 1.07 bits per heavy atom. The second kappa shape index (κ2) is 8.82. The van der Waals surface area contributed by atoms with Crippen molar-refractivity contribution in [1.29, 1.82) is 0 Å². The molecule has 0 radical (unpaired) electrons. The fourth-order valence-corrected chi connectivity index (χ4v) is 3.33. The molecule has 1 aliphatic rings. The average molecular weight is 385 g/mol. The Bertz CT molecular complexity index is 807. The van der Waals surface area contributed by atoms with Crippen LogP contribution in [0.25, 0.3) is 0 Å². The van der Waals surface area contributed by atoms with Gasteiger partial charge in [-0.1, -0.05) is 6.92 Å². The third kappa shape index (κ3) is 4.30. The molecule has 1 N–H and O–H groups in total. The zero-order chi connectivity index (χ0) is 20.1. The molecule has 28 heavy (non-hydrogen) atoms. The van der Waals surface area contributed by atoms with Gasteiger partial charge >= 0.3 is 0 Å². The Kier molecular flexibility index (Phi) is 6.23. The Labute approximate surface area is 165 Å². The normalized spacial score (nSPS) is 14.5. The first-order valence-corrected chi connectivity index (χ1v) is 9.38. The maximum absolute atomic E-state index is 12.8. The van der Waals surface area contributed by atoms with Crippen LogP contribution in [0.5, 0.6) is 17.2 Å². The molecule has 1 aromatic heterocycles. The van der Waals surface area contributed by atoms with Crippen molar-refractivity contribution in [1.82, 2.24) is 4.98 Å². The van der Waals surface area contributed by atoms with E-state index in [1.54, 1.807) is 31.5 Å². The molecule has 1 saturated heterocycles. The molecule has 1 aliphatic heterocycles. The fraction of sp³-hybridized carbons (Fsp3) is 0.429. The molecule has 0 saturated carbocycles. The number of pyridine rings is 1. The lowest BCUT2D eigenvalue weighted by atomic mass is 9.99. The first kappa shape index (κ1) is 19.8. The van der Waals surface area contributed by atoms with Gasteiger partial charge in [0.05, 0.1) is 21.3 Å². The molecule has 1 fully saturated rings. The molecular formula is C21H27N3O4. The zero-order valence-electron chi connectivity index (χ0n) is 16.8. The smallest absolute Gasteiger partial charge is 0.255 e. The van der Waals surface area contributed by atoms with Crippen LogP contribution in [0.3, 0.4) is 0 Å². The summed E-state index contributed by atoms with van der Waals surface area (Å²) in [5.74, 6) is 2.80. The third-order valence-corrected chi connectivity index (χ3v) is 5.04. The standard InChI is InChI=1S/C21H27N3O4/c1-14-6-9-24(10-7-14)19-11-15(5-8-22-19)21(25)23-16-12-17(26-2)20(28-4)18(13-16)27-3/h5,8,11-14H,6-7,9-10H2,1-4H3,(H,23,25). The van der Waals surface area contributed by atoms with E-state index < -0.39 is 0 Å². The summed E-state index contributed by atoms with van der Waals surface area (Å²) < 4.78 is 16.0. The number of amides is 1. The summed E-state index contributed by atoms with van der Waals surface area (Å²) in [6.45, 7) is 4.20. The largest absolute Gasteiger partial charge is 0.493 e. The van der Waals surface area contributed by atoms with E-state index in [9.17, 15) is 4.79 Å². The highest BCUT2D eigenvalue weighted by atomic mass is 16.5. The Balaban J connectivity index is 1.79. The van der Waals surface area contributed by atoms with Crippen LogP contribution in [-0.4, -0.2) is 45.3 Å². The molecule has 7 nitrogen and oxygen atoms in total. The van der Waals surface area contributed by atoms with Crippen molar-refractivity contribution in [2.45, 2.75) is 19.8 Å². The average Bonchev–Trinajstić information content (AvgIpc) is 2.73. The summed E-state index contributed by atoms with van der Waals surface area (Å²) in [7, 11) is 4.62. The molecule has 0 spiro atoms. The number of anilines is 2. The van der Waals surface area contributed by atoms with Crippen molar-refractivity contribution in [2.24, 2.45) is 5.92 Å². The van der Waals surface area contributed by atoms with E-state index in [1.807, 2.05) is 6.07 Å². The Morgan fingerprint density at radius 2 is 1.71 bits per heavy atom. The summed E-state index contributed by atoms with van der Waals surface area (Å²) in [5, 5.41) is 2.90.